The van der Waals surface area contributed by atoms with E-state index in [1.54, 1.807) is 18.3 Å². The van der Waals surface area contributed by atoms with E-state index in [4.69, 9.17) is 4.74 Å². The summed E-state index contributed by atoms with van der Waals surface area (Å²) in [5.74, 6) is 0.449. The maximum atomic E-state index is 11.4. The predicted octanol–water partition coefficient (Wildman–Crippen LogP) is 2.51. The molecule has 4 heteroatoms. The van der Waals surface area contributed by atoms with E-state index in [9.17, 15) is 4.79 Å². The molecule has 86 valence electrons. The number of aromatic nitrogens is 1. The lowest BCUT2D eigenvalue weighted by Gasteiger charge is -2.06. The van der Waals surface area contributed by atoms with Crippen LogP contribution in [-0.4, -0.2) is 17.6 Å². The van der Waals surface area contributed by atoms with Crippen LogP contribution in [0.25, 0.3) is 10.9 Å². The fourth-order valence-corrected chi connectivity index (χ4v) is 1.45. The predicted molar refractivity (Wildman–Crippen MR) is 66.0 cm³/mol. The average Bonchev–Trinajstić information content (AvgIpc) is 2.37. The molecule has 4 nitrogen and oxygen atoms in total. The maximum Gasteiger partial charge on any atom is 0.412 e. The summed E-state index contributed by atoms with van der Waals surface area (Å²) in [6.07, 6.45) is 2.74. The van der Waals surface area contributed by atoms with Crippen LogP contribution in [0.1, 0.15) is 0 Å². The summed E-state index contributed by atoms with van der Waals surface area (Å²) in [4.78, 5) is 15.6. The fraction of sp³-hybridized carbons (Fsp3) is 0.0769. The lowest BCUT2D eigenvalue weighted by Crippen LogP contribution is -2.26. The molecule has 0 unspecified atom stereocenters. The molecule has 0 spiro atoms. The molecule has 0 bridgehead atoms. The molecule has 17 heavy (non-hydrogen) atoms. The Labute approximate surface area is 98.9 Å². The van der Waals surface area contributed by atoms with Crippen molar-refractivity contribution in [1.29, 1.82) is 0 Å². The molecular formula is C13H12N2O2. The summed E-state index contributed by atoms with van der Waals surface area (Å²) in [5.41, 5.74) is 0.670. The topological polar surface area (TPSA) is 51.2 Å². The van der Waals surface area contributed by atoms with Crippen molar-refractivity contribution < 1.29 is 9.53 Å². The Kier molecular flexibility index (Phi) is 3.35. The van der Waals surface area contributed by atoms with Gasteiger partial charge in [0.15, 0.2) is 5.75 Å². The molecule has 1 heterocycles. The summed E-state index contributed by atoms with van der Waals surface area (Å²) in [7, 11) is 0. The molecule has 2 rings (SSSR count). The second-order valence-corrected chi connectivity index (χ2v) is 3.39. The van der Waals surface area contributed by atoms with Crippen molar-refractivity contribution >= 4 is 17.0 Å². The SMILES string of the molecule is C=CCNC(=O)Oc1cccc2cccnc12. The normalized spacial score (nSPS) is 9.88. The van der Waals surface area contributed by atoms with E-state index in [0.29, 0.717) is 17.8 Å². The molecule has 0 aliphatic rings. The first-order valence-electron chi connectivity index (χ1n) is 5.21. The van der Waals surface area contributed by atoms with E-state index >= 15 is 0 Å². The second-order valence-electron chi connectivity index (χ2n) is 3.39. The van der Waals surface area contributed by atoms with Crippen LogP contribution in [0, 0.1) is 0 Å². The van der Waals surface area contributed by atoms with Crippen LogP contribution in [-0.2, 0) is 0 Å². The van der Waals surface area contributed by atoms with Crippen LogP contribution < -0.4 is 10.1 Å². The van der Waals surface area contributed by atoms with E-state index in [0.717, 1.165) is 5.39 Å². The van der Waals surface area contributed by atoms with Crippen molar-refractivity contribution in [3.63, 3.8) is 0 Å². The smallest absolute Gasteiger partial charge is 0.408 e. The molecule has 0 saturated heterocycles. The van der Waals surface area contributed by atoms with Gasteiger partial charge in [-0.05, 0) is 12.1 Å². The summed E-state index contributed by atoms with van der Waals surface area (Å²) in [6.45, 7) is 3.88. The molecule has 0 saturated carbocycles. The minimum atomic E-state index is -0.511. The van der Waals surface area contributed by atoms with Crippen molar-refractivity contribution in [1.82, 2.24) is 10.3 Å². The molecule has 1 aromatic heterocycles. The number of para-hydroxylation sites is 1. The van der Waals surface area contributed by atoms with Gasteiger partial charge < -0.3 is 10.1 Å². The first-order valence-corrected chi connectivity index (χ1v) is 5.21. The van der Waals surface area contributed by atoms with Crippen LogP contribution in [0.5, 0.6) is 5.75 Å². The highest BCUT2D eigenvalue weighted by Crippen LogP contribution is 2.22. The summed E-state index contributed by atoms with van der Waals surface area (Å²) in [5, 5.41) is 3.47. The van der Waals surface area contributed by atoms with Crippen LogP contribution >= 0.6 is 0 Å². The third kappa shape index (κ3) is 2.60. The fourth-order valence-electron chi connectivity index (χ4n) is 1.45. The number of benzene rings is 1. The lowest BCUT2D eigenvalue weighted by molar-refractivity contribution is 0.202. The number of carbonyl (C=O) groups excluding carboxylic acids is 1. The third-order valence-electron chi connectivity index (χ3n) is 2.19. The molecule has 0 radical (unpaired) electrons. The number of carbonyl (C=O) groups is 1. The zero-order chi connectivity index (χ0) is 12.1. The van der Waals surface area contributed by atoms with E-state index < -0.39 is 6.09 Å². The van der Waals surface area contributed by atoms with Gasteiger partial charge in [0, 0.05) is 18.1 Å². The highest BCUT2D eigenvalue weighted by molar-refractivity contribution is 5.86. The van der Waals surface area contributed by atoms with Crippen molar-refractivity contribution in [3.05, 3.63) is 49.2 Å². The zero-order valence-electron chi connectivity index (χ0n) is 9.22. The van der Waals surface area contributed by atoms with Crippen LogP contribution in [0.2, 0.25) is 0 Å². The molecule has 0 fully saturated rings. The van der Waals surface area contributed by atoms with Gasteiger partial charge in [-0.3, -0.25) is 4.98 Å². The number of nitrogens with zero attached hydrogens (tertiary/aromatic N) is 1. The first kappa shape index (κ1) is 11.1. The number of hydrogen-bond acceptors (Lipinski definition) is 3. The van der Waals surface area contributed by atoms with Gasteiger partial charge in [0.2, 0.25) is 0 Å². The van der Waals surface area contributed by atoms with Gasteiger partial charge in [0.05, 0.1) is 0 Å². The highest BCUT2D eigenvalue weighted by Gasteiger charge is 2.07. The molecule has 1 amide bonds. The Balaban J connectivity index is 2.23. The standard InChI is InChI=1S/C13H12N2O2/c1-2-8-15-13(16)17-11-7-3-5-10-6-4-9-14-12(10)11/h2-7,9H,1,8H2,(H,15,16). The molecule has 0 aliphatic heterocycles. The monoisotopic (exact) mass is 228 g/mol. The summed E-state index contributed by atoms with van der Waals surface area (Å²) >= 11 is 0. The second kappa shape index (κ2) is 5.12. The number of amides is 1. The van der Waals surface area contributed by atoms with Crippen molar-refractivity contribution in [2.24, 2.45) is 0 Å². The zero-order valence-corrected chi connectivity index (χ0v) is 9.22. The molecule has 0 aliphatic carbocycles. The minimum absolute atomic E-state index is 0.372. The third-order valence-corrected chi connectivity index (χ3v) is 2.19. The van der Waals surface area contributed by atoms with Gasteiger partial charge in [-0.15, -0.1) is 6.58 Å². The molecule has 1 aromatic carbocycles. The van der Waals surface area contributed by atoms with E-state index in [1.165, 1.54) is 0 Å². The highest BCUT2D eigenvalue weighted by atomic mass is 16.6. The Morgan fingerprint density at radius 1 is 1.41 bits per heavy atom. The van der Waals surface area contributed by atoms with Crippen LogP contribution in [0.3, 0.4) is 0 Å². The Morgan fingerprint density at radius 3 is 3.06 bits per heavy atom. The van der Waals surface area contributed by atoms with E-state index in [2.05, 4.69) is 16.9 Å². The molecule has 2 aromatic rings. The number of fused-ring (bicyclic) bond motifs is 1. The van der Waals surface area contributed by atoms with E-state index in [-0.39, 0.29) is 0 Å². The van der Waals surface area contributed by atoms with Gasteiger partial charge >= 0.3 is 6.09 Å². The lowest BCUT2D eigenvalue weighted by atomic mass is 10.2. The molecule has 0 atom stereocenters. The maximum absolute atomic E-state index is 11.4. The quantitative estimate of drug-likeness (QED) is 0.821. The van der Waals surface area contributed by atoms with Crippen molar-refractivity contribution in [2.75, 3.05) is 6.54 Å². The van der Waals surface area contributed by atoms with Crippen LogP contribution in [0.4, 0.5) is 4.79 Å². The van der Waals surface area contributed by atoms with Crippen molar-refractivity contribution in [3.8, 4) is 5.75 Å². The number of hydrogen-bond donors (Lipinski definition) is 1. The Bertz CT molecular complexity index is 547. The van der Waals surface area contributed by atoms with Gasteiger partial charge in [-0.1, -0.05) is 24.3 Å². The minimum Gasteiger partial charge on any atom is -0.408 e. The summed E-state index contributed by atoms with van der Waals surface area (Å²) < 4.78 is 5.17. The van der Waals surface area contributed by atoms with Gasteiger partial charge in [-0.2, -0.15) is 0 Å². The van der Waals surface area contributed by atoms with Gasteiger partial charge in [0.25, 0.3) is 0 Å². The Morgan fingerprint density at radius 2 is 2.24 bits per heavy atom. The summed E-state index contributed by atoms with van der Waals surface area (Å²) in [6, 6.07) is 9.19. The number of rotatable bonds is 3. The largest absolute Gasteiger partial charge is 0.412 e. The van der Waals surface area contributed by atoms with E-state index in [1.807, 2.05) is 24.3 Å². The average molecular weight is 228 g/mol. The number of ether oxygens (including phenoxy) is 1. The van der Waals surface area contributed by atoms with Gasteiger partial charge in [-0.25, -0.2) is 4.79 Å². The Hall–Kier alpha value is -2.36. The first-order chi connectivity index (χ1) is 8.31. The number of nitrogens with one attached hydrogen (secondary N) is 1. The molecular weight excluding hydrogens is 216 g/mol. The van der Waals surface area contributed by atoms with Gasteiger partial charge in [0.1, 0.15) is 5.52 Å². The molecule has 1 N–H and O–H groups in total. The van der Waals surface area contributed by atoms with Crippen molar-refractivity contribution in [2.45, 2.75) is 0 Å². The number of pyridine rings is 1. The van der Waals surface area contributed by atoms with Crippen LogP contribution in [0.15, 0.2) is 49.2 Å².